The first-order valence-electron chi connectivity index (χ1n) is 4.26. The monoisotopic (exact) mass is 195 g/mol. The summed E-state index contributed by atoms with van der Waals surface area (Å²) in [6.45, 7) is 3.40. The third kappa shape index (κ3) is 1.85. The smallest absolute Gasteiger partial charge is 0.131 e. The third-order valence-electron chi connectivity index (χ3n) is 2.08. The molecule has 0 heterocycles. The van der Waals surface area contributed by atoms with E-state index in [2.05, 4.69) is 0 Å². The number of anilines is 1. The lowest BCUT2D eigenvalue weighted by atomic mass is 10.1. The number of nitrogens with two attached hydrogens (primary N) is 2. The summed E-state index contributed by atoms with van der Waals surface area (Å²) in [7, 11) is 0. The number of hydrogen-bond donors (Lipinski definition) is 2. The van der Waals surface area contributed by atoms with Gasteiger partial charge in [0.15, 0.2) is 0 Å². The first-order chi connectivity index (χ1) is 6.57. The molecule has 0 amide bonds. The van der Waals surface area contributed by atoms with Gasteiger partial charge in [-0.15, -0.1) is 0 Å². The zero-order valence-corrected chi connectivity index (χ0v) is 8.29. The topological polar surface area (TPSA) is 55.3 Å². The van der Waals surface area contributed by atoms with Gasteiger partial charge in [0.25, 0.3) is 0 Å². The van der Waals surface area contributed by atoms with E-state index in [-0.39, 0.29) is 5.82 Å². The van der Waals surface area contributed by atoms with Crippen molar-refractivity contribution in [3.8, 4) is 0 Å². The highest BCUT2D eigenvalue weighted by atomic mass is 19.1. The van der Waals surface area contributed by atoms with Gasteiger partial charge in [-0.1, -0.05) is 6.07 Å². The van der Waals surface area contributed by atoms with Gasteiger partial charge in [0.2, 0.25) is 0 Å². The van der Waals surface area contributed by atoms with Crippen molar-refractivity contribution >= 4 is 5.69 Å². The molecule has 76 valence electrons. The second-order valence-electron chi connectivity index (χ2n) is 3.09. The third-order valence-corrected chi connectivity index (χ3v) is 2.08. The van der Waals surface area contributed by atoms with Crippen LogP contribution in [0.4, 0.5) is 10.1 Å². The minimum Gasteiger partial charge on any atom is -0.403 e. The molecule has 4 N–H and O–H groups in total. The highest BCUT2D eigenvalue weighted by Gasteiger charge is 2.08. The molecule has 1 aromatic rings. The van der Waals surface area contributed by atoms with Crippen LogP contribution in [-0.2, 0) is 0 Å². The van der Waals surface area contributed by atoms with Crippen molar-refractivity contribution in [1.82, 2.24) is 0 Å². The highest BCUT2D eigenvalue weighted by molar-refractivity contribution is 5.55. The predicted octanol–water partition coefficient (Wildman–Crippen LogP) is 1.55. The van der Waals surface area contributed by atoms with E-state index in [1.54, 1.807) is 26.0 Å². The fourth-order valence-electron chi connectivity index (χ4n) is 1.26. The van der Waals surface area contributed by atoms with E-state index in [0.29, 0.717) is 16.8 Å². The summed E-state index contributed by atoms with van der Waals surface area (Å²) in [5, 5.41) is 1.29. The molecule has 3 nitrogen and oxygen atoms in total. The molecule has 0 radical (unpaired) electrons. The molecule has 4 heteroatoms. The van der Waals surface area contributed by atoms with Crippen LogP contribution in [0, 0.1) is 19.7 Å². The van der Waals surface area contributed by atoms with Gasteiger partial charge >= 0.3 is 0 Å². The SMILES string of the molecule is Cc1ccc(N(N)/C=C\N)c(C)c1F. The van der Waals surface area contributed by atoms with Gasteiger partial charge in [0, 0.05) is 18.0 Å². The summed E-state index contributed by atoms with van der Waals surface area (Å²) in [6.07, 6.45) is 2.77. The number of halogens is 1. The number of aryl methyl sites for hydroxylation is 1. The van der Waals surface area contributed by atoms with Gasteiger partial charge in [0.05, 0.1) is 5.69 Å². The summed E-state index contributed by atoms with van der Waals surface area (Å²) in [6, 6.07) is 3.44. The van der Waals surface area contributed by atoms with E-state index >= 15 is 0 Å². The summed E-state index contributed by atoms with van der Waals surface area (Å²) < 4.78 is 13.5. The Hall–Kier alpha value is -1.55. The maximum Gasteiger partial charge on any atom is 0.131 e. The van der Waals surface area contributed by atoms with Crippen LogP contribution in [0.5, 0.6) is 0 Å². The van der Waals surface area contributed by atoms with Crippen molar-refractivity contribution in [2.24, 2.45) is 11.6 Å². The van der Waals surface area contributed by atoms with Gasteiger partial charge in [0.1, 0.15) is 5.82 Å². The predicted molar refractivity (Wildman–Crippen MR) is 55.9 cm³/mol. The Bertz CT molecular complexity index is 361. The standard InChI is InChI=1S/C10H14FN3/c1-7-3-4-9(8(2)10(7)11)14(13)6-5-12/h3-6H,12-13H2,1-2H3/b6-5-. The first-order valence-corrected chi connectivity index (χ1v) is 4.26. The van der Waals surface area contributed by atoms with E-state index in [1.165, 1.54) is 17.4 Å². The van der Waals surface area contributed by atoms with E-state index in [0.717, 1.165) is 0 Å². The molecule has 1 rings (SSSR count). The van der Waals surface area contributed by atoms with Gasteiger partial charge in [-0.05, 0) is 25.5 Å². The average molecular weight is 195 g/mol. The molecule has 0 saturated carbocycles. The molecule has 0 aliphatic carbocycles. The van der Waals surface area contributed by atoms with E-state index in [9.17, 15) is 4.39 Å². The van der Waals surface area contributed by atoms with Crippen molar-refractivity contribution in [2.75, 3.05) is 5.01 Å². The summed E-state index contributed by atoms with van der Waals surface area (Å²) in [5.41, 5.74) is 6.92. The molecule has 0 aliphatic rings. The molecular weight excluding hydrogens is 181 g/mol. The Morgan fingerprint density at radius 1 is 1.36 bits per heavy atom. The molecular formula is C10H14FN3. The minimum atomic E-state index is -0.233. The van der Waals surface area contributed by atoms with Crippen LogP contribution in [0.15, 0.2) is 24.5 Å². The van der Waals surface area contributed by atoms with Crippen molar-refractivity contribution in [1.29, 1.82) is 0 Å². The molecule has 0 aromatic heterocycles. The lowest BCUT2D eigenvalue weighted by molar-refractivity contribution is 0.609. The van der Waals surface area contributed by atoms with Crippen LogP contribution in [0.25, 0.3) is 0 Å². The van der Waals surface area contributed by atoms with Crippen molar-refractivity contribution in [3.05, 3.63) is 41.5 Å². The lowest BCUT2D eigenvalue weighted by Crippen LogP contribution is -2.25. The number of hydrogen-bond acceptors (Lipinski definition) is 3. The zero-order chi connectivity index (χ0) is 10.7. The normalized spacial score (nSPS) is 10.9. The fraction of sp³-hybridized carbons (Fsp3) is 0.200. The van der Waals surface area contributed by atoms with Crippen LogP contribution in [0.1, 0.15) is 11.1 Å². The molecule has 0 bridgehead atoms. The van der Waals surface area contributed by atoms with Gasteiger partial charge < -0.3 is 5.73 Å². The molecule has 0 atom stereocenters. The number of benzene rings is 1. The average Bonchev–Trinajstić information content (AvgIpc) is 2.15. The van der Waals surface area contributed by atoms with E-state index in [1.807, 2.05) is 0 Å². The Morgan fingerprint density at radius 3 is 2.57 bits per heavy atom. The first kappa shape index (κ1) is 10.5. The molecule has 0 unspecified atom stereocenters. The number of hydrazine groups is 1. The van der Waals surface area contributed by atoms with Gasteiger partial charge in [-0.2, -0.15) is 0 Å². The van der Waals surface area contributed by atoms with Gasteiger partial charge in [-0.3, -0.25) is 5.01 Å². The number of rotatable bonds is 2. The molecule has 0 fully saturated rings. The minimum absolute atomic E-state index is 0.233. The summed E-state index contributed by atoms with van der Waals surface area (Å²) >= 11 is 0. The molecule has 14 heavy (non-hydrogen) atoms. The van der Waals surface area contributed by atoms with Crippen molar-refractivity contribution in [3.63, 3.8) is 0 Å². The largest absolute Gasteiger partial charge is 0.403 e. The van der Waals surface area contributed by atoms with Crippen LogP contribution < -0.4 is 16.6 Å². The zero-order valence-electron chi connectivity index (χ0n) is 8.29. The molecule has 1 aromatic carbocycles. The Balaban J connectivity index is 3.17. The number of nitrogens with zero attached hydrogens (tertiary/aromatic N) is 1. The fourth-order valence-corrected chi connectivity index (χ4v) is 1.26. The molecule has 0 saturated heterocycles. The maximum atomic E-state index is 13.5. The summed E-state index contributed by atoms with van der Waals surface area (Å²) in [5.74, 6) is 5.39. The van der Waals surface area contributed by atoms with Crippen LogP contribution in [0.3, 0.4) is 0 Å². The van der Waals surface area contributed by atoms with Crippen molar-refractivity contribution < 1.29 is 4.39 Å². The van der Waals surface area contributed by atoms with Crippen molar-refractivity contribution in [2.45, 2.75) is 13.8 Å². The Labute approximate surface area is 82.8 Å². The highest BCUT2D eigenvalue weighted by Crippen LogP contribution is 2.22. The van der Waals surface area contributed by atoms with Gasteiger partial charge in [-0.25, -0.2) is 10.2 Å². The Kier molecular flexibility index (Phi) is 3.09. The Morgan fingerprint density at radius 2 is 2.00 bits per heavy atom. The second-order valence-corrected chi connectivity index (χ2v) is 3.09. The second kappa shape index (κ2) is 4.11. The molecule has 0 aliphatic heterocycles. The van der Waals surface area contributed by atoms with Crippen LogP contribution >= 0.6 is 0 Å². The van der Waals surface area contributed by atoms with Crippen LogP contribution in [-0.4, -0.2) is 0 Å². The lowest BCUT2D eigenvalue weighted by Gasteiger charge is -2.17. The van der Waals surface area contributed by atoms with E-state index < -0.39 is 0 Å². The van der Waals surface area contributed by atoms with E-state index in [4.69, 9.17) is 11.6 Å². The van der Waals surface area contributed by atoms with Crippen LogP contribution in [0.2, 0.25) is 0 Å². The quantitative estimate of drug-likeness (QED) is 0.556. The maximum absolute atomic E-state index is 13.5. The summed E-state index contributed by atoms with van der Waals surface area (Å²) in [4.78, 5) is 0. The molecule has 0 spiro atoms.